The van der Waals surface area contributed by atoms with Gasteiger partial charge in [-0.1, -0.05) is 78.9 Å². The molecule has 6 nitrogen and oxygen atoms in total. The number of aliphatic carboxylic acids is 1. The molecule has 0 unspecified atom stereocenters. The molecular formula is C26H24N2O4. The number of nitrogens with one attached hydrogen (secondary N) is 2. The van der Waals surface area contributed by atoms with E-state index in [1.54, 1.807) is 0 Å². The maximum absolute atomic E-state index is 13.4. The third kappa shape index (κ3) is 4.54. The second kappa shape index (κ2) is 9.47. The molecule has 0 saturated carbocycles. The van der Waals surface area contributed by atoms with Crippen molar-refractivity contribution in [2.45, 2.75) is 31.3 Å². The SMILES string of the molecule is O=C(O)CC[C@H](NC(=O)C1c2ccccc2-c2ccccc21)C(=O)NCc1ccccc1. The quantitative estimate of drug-likeness (QED) is 0.512. The summed E-state index contributed by atoms with van der Waals surface area (Å²) in [6, 6.07) is 23.9. The predicted molar refractivity (Wildman–Crippen MR) is 121 cm³/mol. The average Bonchev–Trinajstić information content (AvgIpc) is 3.15. The molecule has 1 aliphatic carbocycles. The molecule has 6 heteroatoms. The summed E-state index contributed by atoms with van der Waals surface area (Å²) in [5, 5.41) is 14.7. The fraction of sp³-hybridized carbons (Fsp3) is 0.192. The molecule has 0 fully saturated rings. The highest BCUT2D eigenvalue weighted by atomic mass is 16.4. The monoisotopic (exact) mass is 428 g/mol. The normalized spacial score (nSPS) is 13.0. The zero-order valence-electron chi connectivity index (χ0n) is 17.5. The van der Waals surface area contributed by atoms with Crippen molar-refractivity contribution in [2.75, 3.05) is 0 Å². The molecule has 0 heterocycles. The first-order valence-electron chi connectivity index (χ1n) is 10.6. The van der Waals surface area contributed by atoms with Gasteiger partial charge in [-0.05, 0) is 34.2 Å². The minimum atomic E-state index is -1.02. The second-order valence-electron chi connectivity index (χ2n) is 7.80. The molecule has 2 amide bonds. The first-order valence-corrected chi connectivity index (χ1v) is 10.6. The van der Waals surface area contributed by atoms with E-state index in [-0.39, 0.29) is 18.7 Å². The van der Waals surface area contributed by atoms with Gasteiger partial charge in [0.1, 0.15) is 6.04 Å². The summed E-state index contributed by atoms with van der Waals surface area (Å²) in [5.41, 5.74) is 4.68. The molecule has 162 valence electrons. The lowest BCUT2D eigenvalue weighted by molar-refractivity contribution is -0.138. The Hall–Kier alpha value is -3.93. The molecule has 3 aromatic rings. The van der Waals surface area contributed by atoms with Crippen LogP contribution >= 0.6 is 0 Å². The summed E-state index contributed by atoms with van der Waals surface area (Å²) in [6.45, 7) is 0.300. The zero-order valence-corrected chi connectivity index (χ0v) is 17.5. The fourth-order valence-electron chi connectivity index (χ4n) is 4.14. The number of hydrogen-bond donors (Lipinski definition) is 3. The Morgan fingerprint density at radius 1 is 0.812 bits per heavy atom. The second-order valence-corrected chi connectivity index (χ2v) is 7.80. The van der Waals surface area contributed by atoms with Gasteiger partial charge in [0.25, 0.3) is 0 Å². The van der Waals surface area contributed by atoms with Gasteiger partial charge in [-0.3, -0.25) is 14.4 Å². The van der Waals surface area contributed by atoms with Crippen molar-refractivity contribution in [3.63, 3.8) is 0 Å². The lowest BCUT2D eigenvalue weighted by Gasteiger charge is -2.21. The first kappa shape index (κ1) is 21.3. The van der Waals surface area contributed by atoms with E-state index in [9.17, 15) is 14.4 Å². The maximum atomic E-state index is 13.4. The molecule has 0 bridgehead atoms. The minimum Gasteiger partial charge on any atom is -0.481 e. The number of carbonyl (C=O) groups excluding carboxylic acids is 2. The zero-order chi connectivity index (χ0) is 22.5. The van der Waals surface area contributed by atoms with E-state index in [2.05, 4.69) is 10.6 Å². The van der Waals surface area contributed by atoms with E-state index in [4.69, 9.17) is 5.11 Å². The van der Waals surface area contributed by atoms with Crippen molar-refractivity contribution >= 4 is 17.8 Å². The number of benzene rings is 3. The highest BCUT2D eigenvalue weighted by molar-refractivity contribution is 5.98. The number of hydrogen-bond acceptors (Lipinski definition) is 3. The van der Waals surface area contributed by atoms with Crippen LogP contribution in [0.3, 0.4) is 0 Å². The standard InChI is InChI=1S/C26H24N2O4/c29-23(30)15-14-22(25(31)27-16-17-8-2-1-3-9-17)28-26(32)24-20-12-6-4-10-18(20)19-11-5-7-13-21(19)24/h1-13,22,24H,14-16H2,(H,27,31)(H,28,32)(H,29,30)/t22-/m0/s1. The third-order valence-corrected chi connectivity index (χ3v) is 5.69. The van der Waals surface area contributed by atoms with Crippen LogP contribution in [0.15, 0.2) is 78.9 Å². The lowest BCUT2D eigenvalue weighted by atomic mass is 9.95. The largest absolute Gasteiger partial charge is 0.481 e. The van der Waals surface area contributed by atoms with Crippen molar-refractivity contribution in [1.82, 2.24) is 10.6 Å². The van der Waals surface area contributed by atoms with Gasteiger partial charge in [0.2, 0.25) is 11.8 Å². The fourth-order valence-corrected chi connectivity index (χ4v) is 4.14. The Balaban J connectivity index is 1.53. The van der Waals surface area contributed by atoms with Crippen LogP contribution in [0.2, 0.25) is 0 Å². The van der Waals surface area contributed by atoms with E-state index in [0.29, 0.717) is 6.54 Å². The van der Waals surface area contributed by atoms with E-state index in [1.165, 1.54) is 0 Å². The van der Waals surface area contributed by atoms with Crippen LogP contribution < -0.4 is 10.6 Å². The van der Waals surface area contributed by atoms with Crippen LogP contribution in [-0.2, 0) is 20.9 Å². The lowest BCUT2D eigenvalue weighted by Crippen LogP contribution is -2.48. The van der Waals surface area contributed by atoms with Crippen LogP contribution in [0.4, 0.5) is 0 Å². The van der Waals surface area contributed by atoms with E-state index in [0.717, 1.165) is 27.8 Å². The first-order chi connectivity index (χ1) is 15.5. The summed E-state index contributed by atoms with van der Waals surface area (Å²) in [6.07, 6.45) is -0.209. The summed E-state index contributed by atoms with van der Waals surface area (Å²) in [7, 11) is 0. The molecule has 1 aliphatic rings. The summed E-state index contributed by atoms with van der Waals surface area (Å²) >= 11 is 0. The number of carboxylic acid groups (broad SMARTS) is 1. The van der Waals surface area contributed by atoms with Gasteiger partial charge < -0.3 is 15.7 Å². The van der Waals surface area contributed by atoms with Gasteiger partial charge in [0.15, 0.2) is 0 Å². The van der Waals surface area contributed by atoms with Crippen LogP contribution in [0, 0.1) is 0 Å². The predicted octanol–water partition coefficient (Wildman–Crippen LogP) is 3.46. The van der Waals surface area contributed by atoms with Gasteiger partial charge in [-0.2, -0.15) is 0 Å². The van der Waals surface area contributed by atoms with Gasteiger partial charge in [-0.25, -0.2) is 0 Å². The Kier molecular flexibility index (Phi) is 6.31. The molecule has 0 aliphatic heterocycles. The van der Waals surface area contributed by atoms with Gasteiger partial charge in [0.05, 0.1) is 5.92 Å². The smallest absolute Gasteiger partial charge is 0.303 e. The van der Waals surface area contributed by atoms with Crippen molar-refractivity contribution in [1.29, 1.82) is 0 Å². The Bertz CT molecular complexity index is 1100. The van der Waals surface area contributed by atoms with Crippen molar-refractivity contribution < 1.29 is 19.5 Å². The van der Waals surface area contributed by atoms with Crippen molar-refractivity contribution in [2.24, 2.45) is 0 Å². The molecule has 1 atom stereocenters. The Morgan fingerprint density at radius 2 is 1.38 bits per heavy atom. The Labute approximate surface area is 186 Å². The molecular weight excluding hydrogens is 404 g/mol. The third-order valence-electron chi connectivity index (χ3n) is 5.69. The van der Waals surface area contributed by atoms with Gasteiger partial charge >= 0.3 is 5.97 Å². The van der Waals surface area contributed by atoms with Crippen LogP contribution in [-0.4, -0.2) is 28.9 Å². The van der Waals surface area contributed by atoms with Crippen LogP contribution in [0.1, 0.15) is 35.4 Å². The number of rotatable bonds is 8. The summed E-state index contributed by atoms with van der Waals surface area (Å²) < 4.78 is 0. The van der Waals surface area contributed by atoms with Gasteiger partial charge in [-0.15, -0.1) is 0 Å². The topological polar surface area (TPSA) is 95.5 Å². The van der Waals surface area contributed by atoms with Crippen molar-refractivity contribution in [3.05, 3.63) is 95.6 Å². The molecule has 4 rings (SSSR count). The van der Waals surface area contributed by atoms with Gasteiger partial charge in [0, 0.05) is 13.0 Å². The molecule has 0 radical (unpaired) electrons. The average molecular weight is 428 g/mol. The summed E-state index contributed by atoms with van der Waals surface area (Å²) in [5.74, 6) is -2.27. The molecule has 32 heavy (non-hydrogen) atoms. The molecule has 3 aromatic carbocycles. The highest BCUT2D eigenvalue weighted by Crippen LogP contribution is 2.44. The minimum absolute atomic E-state index is 0.0116. The van der Waals surface area contributed by atoms with Crippen LogP contribution in [0.25, 0.3) is 11.1 Å². The number of fused-ring (bicyclic) bond motifs is 3. The van der Waals surface area contributed by atoms with Crippen LogP contribution in [0.5, 0.6) is 0 Å². The summed E-state index contributed by atoms with van der Waals surface area (Å²) in [4.78, 5) is 37.3. The Morgan fingerprint density at radius 3 is 1.97 bits per heavy atom. The van der Waals surface area contributed by atoms with E-state index in [1.807, 2.05) is 78.9 Å². The van der Waals surface area contributed by atoms with E-state index < -0.39 is 23.8 Å². The molecule has 3 N–H and O–H groups in total. The number of carboxylic acids is 1. The maximum Gasteiger partial charge on any atom is 0.303 e. The molecule has 0 spiro atoms. The molecule has 0 aromatic heterocycles. The number of carbonyl (C=O) groups is 3. The van der Waals surface area contributed by atoms with Crippen molar-refractivity contribution in [3.8, 4) is 11.1 Å². The number of amides is 2. The van der Waals surface area contributed by atoms with E-state index >= 15 is 0 Å². The highest BCUT2D eigenvalue weighted by Gasteiger charge is 2.35. The molecule has 0 saturated heterocycles.